The van der Waals surface area contributed by atoms with Crippen LogP contribution in [0.15, 0.2) is 42.5 Å². The van der Waals surface area contributed by atoms with Gasteiger partial charge in [0.25, 0.3) is 0 Å². The van der Waals surface area contributed by atoms with E-state index in [0.717, 1.165) is 12.0 Å². The Bertz CT molecular complexity index is 627. The highest BCUT2D eigenvalue weighted by molar-refractivity contribution is 6.42. The molecule has 0 spiro atoms. The molecule has 2 rings (SSSR count). The number of halogens is 2. The topological polar surface area (TPSA) is 26.0 Å². The first kappa shape index (κ1) is 17.3. The van der Waals surface area contributed by atoms with Gasteiger partial charge in [0.2, 0.25) is 0 Å². The van der Waals surface area contributed by atoms with Gasteiger partial charge in [-0.15, -0.1) is 0 Å². The maximum atomic E-state index is 6.29. The summed E-state index contributed by atoms with van der Waals surface area (Å²) in [5.41, 5.74) is 9.76. The first-order valence-electron chi connectivity index (χ1n) is 7.56. The van der Waals surface area contributed by atoms with Crippen LogP contribution >= 0.6 is 23.2 Å². The highest BCUT2D eigenvalue weighted by Gasteiger charge is 2.16. The van der Waals surface area contributed by atoms with Gasteiger partial charge in [0, 0.05) is 5.92 Å². The SMILES string of the molecule is CC(C)(C)c1ccc(C(CN)Cc2cccc(Cl)c2Cl)cc1. The normalized spacial score (nSPS) is 13.2. The molecule has 0 heterocycles. The van der Waals surface area contributed by atoms with Crippen LogP contribution in [0, 0.1) is 0 Å². The zero-order valence-corrected chi connectivity index (χ0v) is 14.9. The molecular weight excluding hydrogens is 313 g/mol. The van der Waals surface area contributed by atoms with Gasteiger partial charge in [-0.2, -0.15) is 0 Å². The fraction of sp³-hybridized carbons (Fsp3) is 0.368. The summed E-state index contributed by atoms with van der Waals surface area (Å²) < 4.78 is 0. The standard InChI is InChI=1S/C19H23Cl2N/c1-19(2,3)16-9-7-13(8-10-16)15(12-22)11-14-5-4-6-17(20)18(14)21/h4-10,15H,11-12,22H2,1-3H3. The van der Waals surface area contributed by atoms with Crippen LogP contribution in [0.1, 0.15) is 43.4 Å². The molecule has 1 nitrogen and oxygen atoms in total. The van der Waals surface area contributed by atoms with Gasteiger partial charge in [-0.05, 0) is 41.1 Å². The Morgan fingerprint density at radius 3 is 2.18 bits per heavy atom. The van der Waals surface area contributed by atoms with Crippen LogP contribution in [0.2, 0.25) is 10.0 Å². The molecule has 118 valence electrons. The lowest BCUT2D eigenvalue weighted by atomic mass is 9.84. The number of benzene rings is 2. The lowest BCUT2D eigenvalue weighted by Gasteiger charge is -2.21. The molecule has 2 aromatic carbocycles. The molecule has 0 saturated heterocycles. The number of rotatable bonds is 4. The van der Waals surface area contributed by atoms with Crippen molar-refractivity contribution in [3.8, 4) is 0 Å². The Balaban J connectivity index is 2.23. The van der Waals surface area contributed by atoms with Gasteiger partial charge < -0.3 is 5.73 Å². The van der Waals surface area contributed by atoms with E-state index in [4.69, 9.17) is 28.9 Å². The molecule has 3 heteroatoms. The second kappa shape index (κ2) is 7.04. The highest BCUT2D eigenvalue weighted by Crippen LogP contribution is 2.31. The molecule has 2 N–H and O–H groups in total. The van der Waals surface area contributed by atoms with Gasteiger partial charge in [-0.25, -0.2) is 0 Å². The predicted octanol–water partition coefficient (Wildman–Crippen LogP) is 5.58. The van der Waals surface area contributed by atoms with Crippen LogP contribution in [-0.4, -0.2) is 6.54 Å². The van der Waals surface area contributed by atoms with E-state index < -0.39 is 0 Å². The van der Waals surface area contributed by atoms with E-state index >= 15 is 0 Å². The van der Waals surface area contributed by atoms with E-state index in [1.807, 2.05) is 18.2 Å². The minimum atomic E-state index is 0.160. The average Bonchev–Trinajstić information content (AvgIpc) is 2.48. The van der Waals surface area contributed by atoms with Crippen molar-refractivity contribution in [2.75, 3.05) is 6.54 Å². The Morgan fingerprint density at radius 2 is 1.64 bits per heavy atom. The van der Waals surface area contributed by atoms with Crippen LogP contribution < -0.4 is 5.73 Å². The molecule has 1 atom stereocenters. The smallest absolute Gasteiger partial charge is 0.0624 e. The summed E-state index contributed by atoms with van der Waals surface area (Å²) in [6.45, 7) is 7.23. The summed E-state index contributed by atoms with van der Waals surface area (Å²) in [6.07, 6.45) is 0.796. The molecule has 0 amide bonds. The Kier molecular flexibility index (Phi) is 5.55. The van der Waals surface area contributed by atoms with Crippen molar-refractivity contribution in [1.29, 1.82) is 0 Å². The van der Waals surface area contributed by atoms with Gasteiger partial charge in [0.1, 0.15) is 0 Å². The van der Waals surface area contributed by atoms with Crippen molar-refractivity contribution >= 4 is 23.2 Å². The molecule has 0 saturated carbocycles. The van der Waals surface area contributed by atoms with Crippen molar-refractivity contribution < 1.29 is 0 Å². The van der Waals surface area contributed by atoms with Gasteiger partial charge in [-0.3, -0.25) is 0 Å². The van der Waals surface area contributed by atoms with Crippen LogP contribution in [-0.2, 0) is 11.8 Å². The lowest BCUT2D eigenvalue weighted by molar-refractivity contribution is 0.589. The molecule has 22 heavy (non-hydrogen) atoms. The third-order valence-electron chi connectivity index (χ3n) is 4.03. The van der Waals surface area contributed by atoms with Crippen molar-refractivity contribution in [3.63, 3.8) is 0 Å². The molecule has 0 fully saturated rings. The van der Waals surface area contributed by atoms with E-state index in [0.29, 0.717) is 16.6 Å². The zero-order chi connectivity index (χ0) is 16.3. The maximum absolute atomic E-state index is 6.29. The summed E-state index contributed by atoms with van der Waals surface area (Å²) in [5, 5.41) is 1.23. The van der Waals surface area contributed by atoms with E-state index in [9.17, 15) is 0 Å². The van der Waals surface area contributed by atoms with Crippen LogP contribution in [0.4, 0.5) is 0 Å². The number of nitrogens with two attached hydrogens (primary N) is 1. The third kappa shape index (κ3) is 4.04. The van der Waals surface area contributed by atoms with E-state index in [-0.39, 0.29) is 11.3 Å². The molecule has 1 unspecified atom stereocenters. The second-order valence-electron chi connectivity index (χ2n) is 6.72. The van der Waals surface area contributed by atoms with Crippen molar-refractivity contribution in [3.05, 3.63) is 69.2 Å². The predicted molar refractivity (Wildman–Crippen MR) is 97.1 cm³/mol. The Hall–Kier alpha value is -1.02. The molecule has 0 aliphatic carbocycles. The van der Waals surface area contributed by atoms with Gasteiger partial charge in [0.05, 0.1) is 10.0 Å². The minimum Gasteiger partial charge on any atom is -0.330 e. The minimum absolute atomic E-state index is 0.160. The van der Waals surface area contributed by atoms with Crippen molar-refractivity contribution in [1.82, 2.24) is 0 Å². The summed E-state index contributed by atoms with van der Waals surface area (Å²) in [5.74, 6) is 0.241. The molecular formula is C19H23Cl2N. The highest BCUT2D eigenvalue weighted by atomic mass is 35.5. The molecule has 0 radical (unpaired) electrons. The van der Waals surface area contributed by atoms with Crippen LogP contribution in [0.3, 0.4) is 0 Å². The fourth-order valence-electron chi connectivity index (χ4n) is 2.56. The molecule has 0 aliphatic rings. The zero-order valence-electron chi connectivity index (χ0n) is 13.4. The van der Waals surface area contributed by atoms with Crippen molar-refractivity contribution in [2.24, 2.45) is 5.73 Å². The number of hydrogen-bond acceptors (Lipinski definition) is 1. The third-order valence-corrected chi connectivity index (χ3v) is 4.89. The van der Waals surface area contributed by atoms with E-state index in [1.165, 1.54) is 11.1 Å². The molecule has 0 bridgehead atoms. The van der Waals surface area contributed by atoms with Crippen LogP contribution in [0.25, 0.3) is 0 Å². The first-order valence-corrected chi connectivity index (χ1v) is 8.32. The van der Waals surface area contributed by atoms with E-state index in [2.05, 4.69) is 45.0 Å². The second-order valence-corrected chi connectivity index (χ2v) is 7.51. The maximum Gasteiger partial charge on any atom is 0.0624 e. The molecule has 0 aromatic heterocycles. The van der Waals surface area contributed by atoms with Crippen LogP contribution in [0.5, 0.6) is 0 Å². The Labute approximate surface area is 143 Å². The first-order chi connectivity index (χ1) is 10.3. The molecule has 0 aliphatic heterocycles. The summed E-state index contributed by atoms with van der Waals surface area (Å²) in [4.78, 5) is 0. The summed E-state index contributed by atoms with van der Waals surface area (Å²) in [7, 11) is 0. The monoisotopic (exact) mass is 335 g/mol. The quantitative estimate of drug-likeness (QED) is 0.775. The van der Waals surface area contributed by atoms with E-state index in [1.54, 1.807) is 0 Å². The summed E-state index contributed by atoms with van der Waals surface area (Å²) in [6, 6.07) is 14.5. The number of hydrogen-bond donors (Lipinski definition) is 1. The van der Waals surface area contributed by atoms with Gasteiger partial charge in [-0.1, -0.05) is 80.4 Å². The summed E-state index contributed by atoms with van der Waals surface area (Å²) >= 11 is 12.4. The molecule has 2 aromatic rings. The van der Waals surface area contributed by atoms with Gasteiger partial charge in [0.15, 0.2) is 0 Å². The largest absolute Gasteiger partial charge is 0.330 e. The fourth-order valence-corrected chi connectivity index (χ4v) is 2.96. The van der Waals surface area contributed by atoms with Crippen molar-refractivity contribution in [2.45, 2.75) is 38.5 Å². The van der Waals surface area contributed by atoms with Gasteiger partial charge >= 0.3 is 0 Å². The average molecular weight is 336 g/mol. The lowest BCUT2D eigenvalue weighted by Crippen LogP contribution is -2.16. The Morgan fingerprint density at radius 1 is 1.00 bits per heavy atom.